The first kappa shape index (κ1) is 8.37. The average Bonchev–Trinajstić information content (AvgIpc) is 1.83. The van der Waals surface area contributed by atoms with Crippen molar-refractivity contribution in [2.75, 3.05) is 13.2 Å². The van der Waals surface area contributed by atoms with Crippen LogP contribution >= 0.6 is 0 Å². The monoisotopic (exact) mass is 136 g/mol. The predicted molar refractivity (Wildman–Crippen MR) is 28.4 cm³/mol. The zero-order valence-corrected chi connectivity index (χ0v) is 5.86. The zero-order chi connectivity index (χ0) is 6.41. The summed E-state index contributed by atoms with van der Waals surface area (Å²) >= 11 is -1.41. The fourth-order valence-corrected chi connectivity index (χ4v) is 0.619. The standard InChI is InChI=1S/C3H7O3.Al.H2O.H/c4-1-3(6)2-5;;;/h3-4,6H,1-2H2;;1H2;/q-1;+2;;/p-1. The van der Waals surface area contributed by atoms with E-state index in [2.05, 4.69) is 3.79 Å². The van der Waals surface area contributed by atoms with E-state index in [0.29, 0.717) is 0 Å². The van der Waals surface area contributed by atoms with Crippen molar-refractivity contribution in [3.63, 3.8) is 0 Å². The van der Waals surface area contributed by atoms with E-state index in [0.717, 1.165) is 0 Å². The van der Waals surface area contributed by atoms with Crippen LogP contribution in [-0.2, 0) is 3.79 Å². The maximum Gasteiger partial charge on any atom is 0.647 e. The molecule has 4 nitrogen and oxygen atoms in total. The summed E-state index contributed by atoms with van der Waals surface area (Å²) in [6, 6.07) is 0. The maximum atomic E-state index is 8.53. The van der Waals surface area contributed by atoms with Crippen LogP contribution < -0.4 is 0 Å². The first-order valence-electron chi connectivity index (χ1n) is 2.28. The molecule has 48 valence electrons. The van der Waals surface area contributed by atoms with Crippen molar-refractivity contribution in [2.45, 2.75) is 6.10 Å². The second-order valence-electron chi connectivity index (χ2n) is 1.34. The second kappa shape index (κ2) is 5.51. The van der Waals surface area contributed by atoms with Gasteiger partial charge in [-0.15, -0.1) is 0 Å². The molecule has 0 aromatic heterocycles. The molecule has 5 heteroatoms. The third kappa shape index (κ3) is 4.53. The molecule has 0 radical (unpaired) electrons. The number of hydrogen-bond acceptors (Lipinski definition) is 4. The molecule has 0 aromatic rings. The fraction of sp³-hybridized carbons (Fsp3) is 1.00. The van der Waals surface area contributed by atoms with Crippen LogP contribution in [0.15, 0.2) is 0 Å². The molecule has 0 fully saturated rings. The Balaban J connectivity index is 2.86. The minimum Gasteiger partial charge on any atom is -0.496 e. The van der Waals surface area contributed by atoms with Crippen LogP contribution in [0.5, 0.6) is 0 Å². The van der Waals surface area contributed by atoms with E-state index in [1.807, 2.05) is 0 Å². The van der Waals surface area contributed by atoms with Crippen molar-refractivity contribution in [1.82, 2.24) is 0 Å². The lowest BCUT2D eigenvalue weighted by atomic mass is 10.4. The number of rotatable bonds is 4. The second-order valence-corrected chi connectivity index (χ2v) is 2.00. The van der Waals surface area contributed by atoms with Gasteiger partial charge in [-0.1, -0.05) is 0 Å². The van der Waals surface area contributed by atoms with E-state index in [4.69, 9.17) is 14.4 Å². The number of hydrogen-bond donors (Lipinski definition) is 3. The topological polar surface area (TPSA) is 69.9 Å². The number of aliphatic hydroxyl groups is 2. The van der Waals surface area contributed by atoms with Crippen molar-refractivity contribution < 1.29 is 18.2 Å². The SMILES string of the molecule is OCC(O)C[O][AlH][OH]. The third-order valence-electron chi connectivity index (χ3n) is 0.612. The Morgan fingerprint density at radius 3 is 2.62 bits per heavy atom. The Kier molecular flexibility index (Phi) is 5.76. The van der Waals surface area contributed by atoms with Gasteiger partial charge in [-0.2, -0.15) is 0 Å². The van der Waals surface area contributed by atoms with E-state index in [-0.39, 0.29) is 13.2 Å². The molecule has 0 heterocycles. The van der Waals surface area contributed by atoms with Crippen LogP contribution in [0.3, 0.4) is 0 Å². The van der Waals surface area contributed by atoms with E-state index in [9.17, 15) is 0 Å². The van der Waals surface area contributed by atoms with Crippen LogP contribution in [0.1, 0.15) is 0 Å². The normalized spacial score (nSPS) is 13.4. The number of aliphatic hydroxyl groups excluding tert-OH is 2. The minimum absolute atomic E-state index is 0.0409. The molecule has 0 spiro atoms. The molecule has 0 saturated carbocycles. The molecular formula is C3H9AlO4. The Bertz CT molecular complexity index is 50.5. The first-order chi connectivity index (χ1) is 3.81. The Labute approximate surface area is 54.1 Å². The fourth-order valence-electron chi connectivity index (χ4n) is 0.241. The maximum absolute atomic E-state index is 8.53. The van der Waals surface area contributed by atoms with Crippen molar-refractivity contribution in [2.24, 2.45) is 0 Å². The van der Waals surface area contributed by atoms with Gasteiger partial charge in [0.2, 0.25) is 0 Å². The summed E-state index contributed by atoms with van der Waals surface area (Å²) in [6.07, 6.45) is -0.838. The summed E-state index contributed by atoms with van der Waals surface area (Å²) in [5.41, 5.74) is 0. The lowest BCUT2D eigenvalue weighted by Crippen LogP contribution is -2.20. The molecule has 0 bridgehead atoms. The molecular weight excluding hydrogens is 127 g/mol. The zero-order valence-electron chi connectivity index (χ0n) is 4.45. The van der Waals surface area contributed by atoms with Gasteiger partial charge in [-0.05, 0) is 0 Å². The van der Waals surface area contributed by atoms with Crippen molar-refractivity contribution in [3.8, 4) is 0 Å². The van der Waals surface area contributed by atoms with Crippen LogP contribution in [0.4, 0.5) is 0 Å². The van der Waals surface area contributed by atoms with Crippen LogP contribution in [0.25, 0.3) is 0 Å². The molecule has 0 aliphatic heterocycles. The van der Waals surface area contributed by atoms with E-state index < -0.39 is 22.0 Å². The van der Waals surface area contributed by atoms with Crippen LogP contribution in [-0.4, -0.2) is 49.6 Å². The molecule has 1 atom stereocenters. The van der Waals surface area contributed by atoms with Crippen LogP contribution in [0.2, 0.25) is 0 Å². The lowest BCUT2D eigenvalue weighted by molar-refractivity contribution is 0.0501. The molecule has 3 N–H and O–H groups in total. The summed E-state index contributed by atoms with van der Waals surface area (Å²) in [6.45, 7) is -0.270. The highest BCUT2D eigenvalue weighted by Gasteiger charge is 2.00. The van der Waals surface area contributed by atoms with E-state index >= 15 is 0 Å². The molecule has 0 aliphatic rings. The first-order valence-corrected chi connectivity index (χ1v) is 3.49. The van der Waals surface area contributed by atoms with Gasteiger partial charge in [-0.3, -0.25) is 0 Å². The van der Waals surface area contributed by atoms with Crippen molar-refractivity contribution >= 4 is 15.9 Å². The molecule has 0 rings (SSSR count). The Hall–Kier alpha value is 0.372. The molecule has 8 heavy (non-hydrogen) atoms. The highest BCUT2D eigenvalue weighted by molar-refractivity contribution is 6.15. The Morgan fingerprint density at radius 1 is 1.62 bits per heavy atom. The Morgan fingerprint density at radius 2 is 2.25 bits per heavy atom. The van der Waals surface area contributed by atoms with Crippen molar-refractivity contribution in [1.29, 1.82) is 0 Å². The summed E-state index contributed by atoms with van der Waals surface area (Å²) in [5, 5.41) is 16.7. The highest BCUT2D eigenvalue weighted by atomic mass is 27.2. The van der Waals surface area contributed by atoms with Gasteiger partial charge in [0.05, 0.1) is 12.7 Å². The quantitative estimate of drug-likeness (QED) is 0.377. The van der Waals surface area contributed by atoms with Gasteiger partial charge in [0, 0.05) is 6.61 Å². The van der Waals surface area contributed by atoms with E-state index in [1.54, 1.807) is 0 Å². The largest absolute Gasteiger partial charge is 0.647 e. The van der Waals surface area contributed by atoms with Gasteiger partial charge in [0.1, 0.15) is 0 Å². The van der Waals surface area contributed by atoms with E-state index in [1.165, 1.54) is 0 Å². The lowest BCUT2D eigenvalue weighted by Gasteiger charge is -2.04. The third-order valence-corrected chi connectivity index (χ3v) is 1.03. The molecule has 0 amide bonds. The molecule has 1 unspecified atom stereocenters. The van der Waals surface area contributed by atoms with Gasteiger partial charge in [0.25, 0.3) is 0 Å². The average molecular weight is 136 g/mol. The van der Waals surface area contributed by atoms with Crippen molar-refractivity contribution in [3.05, 3.63) is 0 Å². The minimum atomic E-state index is -1.41. The molecule has 0 aromatic carbocycles. The molecule has 0 saturated heterocycles. The summed E-state index contributed by atoms with van der Waals surface area (Å²) in [5.74, 6) is 0. The van der Waals surface area contributed by atoms with Gasteiger partial charge in [0.15, 0.2) is 0 Å². The van der Waals surface area contributed by atoms with Gasteiger partial charge >= 0.3 is 15.9 Å². The predicted octanol–water partition coefficient (Wildman–Crippen LogP) is -2.39. The molecule has 0 aliphatic carbocycles. The summed E-state index contributed by atoms with van der Waals surface area (Å²) in [4.78, 5) is 0. The smallest absolute Gasteiger partial charge is 0.496 e. The van der Waals surface area contributed by atoms with Gasteiger partial charge in [-0.25, -0.2) is 0 Å². The highest BCUT2D eigenvalue weighted by Crippen LogP contribution is 1.79. The van der Waals surface area contributed by atoms with Crippen LogP contribution in [0, 0.1) is 0 Å². The van der Waals surface area contributed by atoms with Gasteiger partial charge < -0.3 is 18.2 Å². The summed E-state index contributed by atoms with van der Waals surface area (Å²) in [7, 11) is 0. The summed E-state index contributed by atoms with van der Waals surface area (Å²) < 4.78 is 12.6.